The largest absolute Gasteiger partial charge is 0.377 e. The Morgan fingerprint density at radius 1 is 1.33 bits per heavy atom. The van der Waals surface area contributed by atoms with Crippen LogP contribution in [0, 0.1) is 0 Å². The molecule has 1 rings (SSSR count). The molecule has 12 heavy (non-hydrogen) atoms. The minimum absolute atomic E-state index is 0.158. The Morgan fingerprint density at radius 2 is 1.92 bits per heavy atom. The third-order valence-electron chi connectivity index (χ3n) is 1.93. The van der Waals surface area contributed by atoms with E-state index in [-0.39, 0.29) is 6.10 Å². The minimum atomic E-state index is -2.73. The molecule has 1 aliphatic heterocycles. The van der Waals surface area contributed by atoms with Gasteiger partial charge in [-0.05, 0) is 12.8 Å². The molecule has 0 aromatic heterocycles. The maximum absolute atomic E-state index is 11.0. The first-order valence-electron chi connectivity index (χ1n) is 4.02. The van der Waals surface area contributed by atoms with Crippen molar-refractivity contribution >= 4 is 25.8 Å². The first kappa shape index (κ1) is 10.5. The van der Waals surface area contributed by atoms with Gasteiger partial charge in [0.25, 0.3) is 0 Å². The van der Waals surface area contributed by atoms with Crippen LogP contribution in [-0.2, 0) is 14.6 Å². The number of sulfone groups is 1. The zero-order valence-corrected chi connectivity index (χ0v) is 9.23. The zero-order valence-electron chi connectivity index (χ0n) is 6.83. The molecular formula is C7H13BrO3S. The van der Waals surface area contributed by atoms with Gasteiger partial charge >= 0.3 is 0 Å². The lowest BCUT2D eigenvalue weighted by Crippen LogP contribution is -2.29. The van der Waals surface area contributed by atoms with Gasteiger partial charge in [-0.15, -0.1) is 0 Å². The van der Waals surface area contributed by atoms with Crippen molar-refractivity contribution in [2.24, 2.45) is 0 Å². The highest BCUT2D eigenvalue weighted by Gasteiger charge is 2.23. The normalized spacial score (nSPS) is 24.1. The second-order valence-corrected chi connectivity index (χ2v) is 6.01. The van der Waals surface area contributed by atoms with E-state index >= 15 is 0 Å². The molecule has 0 N–H and O–H groups in total. The standard InChI is InChI=1S/C7H13BrO3S/c8-3-4-11-7-1-5-12(9,10)6-2-7/h7H,1-6H2. The molecular weight excluding hydrogens is 244 g/mol. The van der Waals surface area contributed by atoms with Crippen molar-refractivity contribution in [3.8, 4) is 0 Å². The van der Waals surface area contributed by atoms with Crippen LogP contribution in [-0.4, -0.2) is 38.0 Å². The SMILES string of the molecule is O=S1(=O)CCC(OCCBr)CC1. The van der Waals surface area contributed by atoms with E-state index in [1.165, 1.54) is 0 Å². The van der Waals surface area contributed by atoms with Crippen molar-refractivity contribution in [2.75, 3.05) is 23.4 Å². The van der Waals surface area contributed by atoms with Crippen LogP contribution in [0.25, 0.3) is 0 Å². The molecule has 0 aromatic carbocycles. The van der Waals surface area contributed by atoms with Crippen LogP contribution in [0.2, 0.25) is 0 Å². The summed E-state index contributed by atoms with van der Waals surface area (Å²) in [6.07, 6.45) is 1.48. The summed E-state index contributed by atoms with van der Waals surface area (Å²) in [5.41, 5.74) is 0. The third kappa shape index (κ3) is 3.41. The summed E-state index contributed by atoms with van der Waals surface area (Å²) in [7, 11) is -2.73. The summed E-state index contributed by atoms with van der Waals surface area (Å²) in [5.74, 6) is 0.583. The summed E-state index contributed by atoms with van der Waals surface area (Å²) in [6, 6.07) is 0. The number of hydrogen-bond donors (Lipinski definition) is 0. The van der Waals surface area contributed by atoms with Gasteiger partial charge in [0.15, 0.2) is 9.84 Å². The van der Waals surface area contributed by atoms with Crippen LogP contribution in [0.15, 0.2) is 0 Å². The molecule has 0 spiro atoms. The molecule has 0 amide bonds. The van der Waals surface area contributed by atoms with Crippen molar-refractivity contribution < 1.29 is 13.2 Å². The Labute approximate surface area is 81.5 Å². The quantitative estimate of drug-likeness (QED) is 0.708. The lowest BCUT2D eigenvalue weighted by atomic mass is 10.2. The Balaban J connectivity index is 2.27. The van der Waals surface area contributed by atoms with E-state index in [9.17, 15) is 8.42 Å². The van der Waals surface area contributed by atoms with Crippen LogP contribution in [0.3, 0.4) is 0 Å². The van der Waals surface area contributed by atoms with E-state index in [2.05, 4.69) is 15.9 Å². The summed E-state index contributed by atoms with van der Waals surface area (Å²) >= 11 is 3.26. The number of alkyl halides is 1. The van der Waals surface area contributed by atoms with Crippen molar-refractivity contribution in [3.05, 3.63) is 0 Å². The van der Waals surface area contributed by atoms with Crippen LogP contribution in [0.4, 0.5) is 0 Å². The second kappa shape index (κ2) is 4.58. The Hall–Kier alpha value is 0.390. The topological polar surface area (TPSA) is 43.4 Å². The molecule has 1 saturated heterocycles. The van der Waals surface area contributed by atoms with Gasteiger partial charge < -0.3 is 4.74 Å². The van der Waals surface area contributed by atoms with Gasteiger partial charge in [-0.2, -0.15) is 0 Å². The van der Waals surface area contributed by atoms with Gasteiger partial charge in [0.1, 0.15) is 0 Å². The highest BCUT2D eigenvalue weighted by atomic mass is 79.9. The molecule has 0 aromatic rings. The van der Waals surface area contributed by atoms with Crippen LogP contribution in [0.5, 0.6) is 0 Å². The molecule has 3 nitrogen and oxygen atoms in total. The van der Waals surface area contributed by atoms with Gasteiger partial charge in [0, 0.05) is 5.33 Å². The minimum Gasteiger partial charge on any atom is -0.377 e. The van der Waals surface area contributed by atoms with E-state index in [1.807, 2.05) is 0 Å². The number of halogens is 1. The Bertz CT molecular complexity index is 211. The first-order valence-corrected chi connectivity index (χ1v) is 6.96. The predicted molar refractivity (Wildman–Crippen MR) is 51.4 cm³/mol. The molecule has 1 fully saturated rings. The van der Waals surface area contributed by atoms with Crippen molar-refractivity contribution in [3.63, 3.8) is 0 Å². The molecule has 1 aliphatic rings. The smallest absolute Gasteiger partial charge is 0.150 e. The monoisotopic (exact) mass is 256 g/mol. The lowest BCUT2D eigenvalue weighted by Gasteiger charge is -2.21. The van der Waals surface area contributed by atoms with Gasteiger partial charge in [-0.1, -0.05) is 15.9 Å². The maximum atomic E-state index is 11.0. The molecule has 0 unspecified atom stereocenters. The third-order valence-corrected chi connectivity index (χ3v) is 3.97. The number of rotatable bonds is 3. The van der Waals surface area contributed by atoms with E-state index in [0.29, 0.717) is 31.0 Å². The van der Waals surface area contributed by atoms with Gasteiger partial charge in [0.2, 0.25) is 0 Å². The van der Waals surface area contributed by atoms with Crippen LogP contribution >= 0.6 is 15.9 Å². The highest BCUT2D eigenvalue weighted by molar-refractivity contribution is 9.09. The number of ether oxygens (including phenoxy) is 1. The van der Waals surface area contributed by atoms with E-state index < -0.39 is 9.84 Å². The lowest BCUT2D eigenvalue weighted by molar-refractivity contribution is 0.0586. The average Bonchev–Trinajstić information content (AvgIpc) is 2.03. The van der Waals surface area contributed by atoms with Crippen LogP contribution in [0.1, 0.15) is 12.8 Å². The fraction of sp³-hybridized carbons (Fsp3) is 1.00. The molecule has 0 saturated carbocycles. The van der Waals surface area contributed by atoms with E-state index in [1.54, 1.807) is 0 Å². The molecule has 0 bridgehead atoms. The summed E-state index contributed by atoms with van der Waals surface area (Å²) in [6.45, 7) is 0.671. The Morgan fingerprint density at radius 3 is 2.42 bits per heavy atom. The van der Waals surface area contributed by atoms with Crippen molar-refractivity contribution in [2.45, 2.75) is 18.9 Å². The number of hydrogen-bond acceptors (Lipinski definition) is 3. The molecule has 0 atom stereocenters. The van der Waals surface area contributed by atoms with E-state index in [0.717, 1.165) is 5.33 Å². The first-order chi connectivity index (χ1) is 5.64. The fourth-order valence-electron chi connectivity index (χ4n) is 1.25. The molecule has 5 heteroatoms. The zero-order chi connectivity index (χ0) is 9.03. The van der Waals surface area contributed by atoms with Crippen LogP contribution < -0.4 is 0 Å². The maximum Gasteiger partial charge on any atom is 0.150 e. The van der Waals surface area contributed by atoms with Gasteiger partial charge in [-0.3, -0.25) is 0 Å². The molecule has 0 aliphatic carbocycles. The second-order valence-electron chi connectivity index (χ2n) is 2.91. The fourth-order valence-corrected chi connectivity index (χ4v) is 2.88. The van der Waals surface area contributed by atoms with E-state index in [4.69, 9.17) is 4.74 Å². The summed E-state index contributed by atoms with van der Waals surface area (Å²) in [4.78, 5) is 0. The van der Waals surface area contributed by atoms with Crippen molar-refractivity contribution in [1.82, 2.24) is 0 Å². The highest BCUT2D eigenvalue weighted by Crippen LogP contribution is 2.15. The van der Waals surface area contributed by atoms with Gasteiger partial charge in [-0.25, -0.2) is 8.42 Å². The summed E-state index contributed by atoms with van der Waals surface area (Å²) < 4.78 is 27.4. The summed E-state index contributed by atoms with van der Waals surface area (Å²) in [5, 5.41) is 0.816. The predicted octanol–water partition coefficient (Wildman–Crippen LogP) is 0.975. The molecule has 1 heterocycles. The molecule has 0 radical (unpaired) electrons. The average molecular weight is 257 g/mol. The Kier molecular flexibility index (Phi) is 3.99. The molecule has 72 valence electrons. The van der Waals surface area contributed by atoms with Crippen molar-refractivity contribution in [1.29, 1.82) is 0 Å². The van der Waals surface area contributed by atoms with Gasteiger partial charge in [0.05, 0.1) is 24.2 Å².